The number of rotatable bonds is 11. The van der Waals surface area contributed by atoms with Crippen molar-refractivity contribution in [3.8, 4) is 5.75 Å². The maximum atomic E-state index is 6.13. The lowest BCUT2D eigenvalue weighted by atomic mass is 10.0. The van der Waals surface area contributed by atoms with E-state index in [1.807, 2.05) is 32.0 Å². The number of nitrogens with zero attached hydrogens (tertiary/aromatic N) is 1. The van der Waals surface area contributed by atoms with Gasteiger partial charge in [0.05, 0.1) is 12.6 Å². The summed E-state index contributed by atoms with van der Waals surface area (Å²) in [5.41, 5.74) is 1.12. The highest BCUT2D eigenvalue weighted by molar-refractivity contribution is 14.0. The second-order valence-electron chi connectivity index (χ2n) is 7.76. The summed E-state index contributed by atoms with van der Waals surface area (Å²) in [4.78, 5) is 4.87. The zero-order chi connectivity index (χ0) is 20.7. The summed E-state index contributed by atoms with van der Waals surface area (Å²) < 4.78 is 17.4. The van der Waals surface area contributed by atoms with E-state index in [0.717, 1.165) is 61.2 Å². The molecule has 1 heterocycles. The maximum absolute atomic E-state index is 6.13. The van der Waals surface area contributed by atoms with Crippen LogP contribution in [0.3, 0.4) is 0 Å². The number of nitrogens with one attached hydrogen (secondary N) is 2. The van der Waals surface area contributed by atoms with Gasteiger partial charge in [-0.15, -0.1) is 24.0 Å². The Hall–Kier alpha value is -1.48. The van der Waals surface area contributed by atoms with Gasteiger partial charge in [0.2, 0.25) is 0 Å². The summed E-state index contributed by atoms with van der Waals surface area (Å²) in [5, 5.41) is 7.90. The molecule has 6 nitrogen and oxygen atoms in total. The smallest absolute Gasteiger partial charge is 0.191 e. The molecule has 1 aromatic carbocycles. The van der Waals surface area contributed by atoms with Crippen LogP contribution in [-0.2, 0) is 4.74 Å². The molecule has 1 fully saturated rings. The number of ether oxygens (including phenoxy) is 2. The van der Waals surface area contributed by atoms with Gasteiger partial charge in [-0.05, 0) is 64.5 Å². The van der Waals surface area contributed by atoms with Crippen molar-refractivity contribution in [3.63, 3.8) is 0 Å². The molecule has 1 aliphatic rings. The molecule has 1 aliphatic carbocycles. The lowest BCUT2D eigenvalue weighted by Crippen LogP contribution is -2.39. The van der Waals surface area contributed by atoms with E-state index < -0.39 is 0 Å². The first-order valence-electron chi connectivity index (χ1n) is 10.9. The van der Waals surface area contributed by atoms with Crippen LogP contribution in [-0.4, -0.2) is 38.9 Å². The van der Waals surface area contributed by atoms with Crippen LogP contribution in [0.5, 0.6) is 5.75 Å². The molecule has 1 atom stereocenters. The number of hydrogen-bond donors (Lipinski definition) is 2. The summed E-state index contributed by atoms with van der Waals surface area (Å²) in [6, 6.07) is 8.05. The summed E-state index contributed by atoms with van der Waals surface area (Å²) in [6.07, 6.45) is 3.56. The molecule has 168 valence electrons. The van der Waals surface area contributed by atoms with Gasteiger partial charge in [-0.3, -0.25) is 4.99 Å². The summed E-state index contributed by atoms with van der Waals surface area (Å²) in [5.74, 6) is 2.48. The third-order valence-electron chi connectivity index (χ3n) is 5.46. The summed E-state index contributed by atoms with van der Waals surface area (Å²) in [7, 11) is 0. The van der Waals surface area contributed by atoms with E-state index in [2.05, 4.69) is 30.5 Å². The van der Waals surface area contributed by atoms with Crippen molar-refractivity contribution in [2.75, 3.05) is 32.9 Å². The molecular weight excluding hydrogens is 493 g/mol. The molecule has 0 bridgehead atoms. The van der Waals surface area contributed by atoms with E-state index in [9.17, 15) is 0 Å². The van der Waals surface area contributed by atoms with E-state index in [1.165, 1.54) is 12.8 Å². The summed E-state index contributed by atoms with van der Waals surface area (Å²) in [6.45, 7) is 12.1. The minimum Gasteiger partial charge on any atom is -0.490 e. The number of benzene rings is 1. The van der Waals surface area contributed by atoms with Crippen molar-refractivity contribution in [3.05, 3.63) is 30.0 Å². The number of furan rings is 1. The van der Waals surface area contributed by atoms with E-state index >= 15 is 0 Å². The Balaban J connectivity index is 0.00000320. The predicted molar refractivity (Wildman–Crippen MR) is 133 cm³/mol. The van der Waals surface area contributed by atoms with Gasteiger partial charge < -0.3 is 24.5 Å². The monoisotopic (exact) mass is 529 g/mol. The van der Waals surface area contributed by atoms with Crippen LogP contribution in [0.2, 0.25) is 0 Å². The number of guanidine groups is 1. The molecule has 3 rings (SSSR count). The number of fused-ring (bicyclic) bond motifs is 1. The van der Waals surface area contributed by atoms with Gasteiger partial charge in [0, 0.05) is 31.7 Å². The number of aliphatic imine (C=N–C) groups is 1. The van der Waals surface area contributed by atoms with Gasteiger partial charge in [-0.1, -0.05) is 12.1 Å². The first-order valence-corrected chi connectivity index (χ1v) is 10.9. The van der Waals surface area contributed by atoms with Crippen LogP contribution in [0.1, 0.15) is 58.8 Å². The van der Waals surface area contributed by atoms with E-state index in [4.69, 9.17) is 18.9 Å². The fraction of sp³-hybridized carbons (Fsp3) is 0.609. The van der Waals surface area contributed by atoms with Gasteiger partial charge in [0.1, 0.15) is 5.76 Å². The molecule has 2 N–H and O–H groups in total. The zero-order valence-electron chi connectivity index (χ0n) is 18.6. The fourth-order valence-electron chi connectivity index (χ4n) is 3.48. The second-order valence-corrected chi connectivity index (χ2v) is 7.76. The number of hydrogen-bond acceptors (Lipinski definition) is 4. The first-order chi connectivity index (χ1) is 14.1. The van der Waals surface area contributed by atoms with Crippen LogP contribution in [0.15, 0.2) is 33.7 Å². The molecule has 0 amide bonds. The molecule has 1 unspecified atom stereocenters. The van der Waals surface area contributed by atoms with Crippen molar-refractivity contribution in [2.45, 2.75) is 53.0 Å². The maximum Gasteiger partial charge on any atom is 0.191 e. The molecule has 0 saturated heterocycles. The van der Waals surface area contributed by atoms with Crippen molar-refractivity contribution < 1.29 is 13.9 Å². The van der Waals surface area contributed by atoms with Crippen LogP contribution in [0, 0.1) is 5.41 Å². The standard InChI is InChI=1S/C23H35N3O3.HI/c1-5-24-22(25-16-23(11-12-23)13-14-27-6-2)26-17(4)20-15-18-9-8-10-19(28-7-3)21(18)29-20;/h8-10,15,17H,5-7,11-14,16H2,1-4H3,(H2,24,25,26);1H. The van der Waals surface area contributed by atoms with Crippen LogP contribution >= 0.6 is 24.0 Å². The van der Waals surface area contributed by atoms with Gasteiger partial charge in [0.25, 0.3) is 0 Å². The van der Waals surface area contributed by atoms with Gasteiger partial charge >= 0.3 is 0 Å². The van der Waals surface area contributed by atoms with Crippen LogP contribution in [0.4, 0.5) is 0 Å². The molecule has 0 aliphatic heterocycles. The Bertz CT molecular complexity index is 817. The Morgan fingerprint density at radius 1 is 1.23 bits per heavy atom. The second kappa shape index (κ2) is 11.8. The number of halogens is 1. The highest BCUT2D eigenvalue weighted by atomic mass is 127. The topological polar surface area (TPSA) is 68.0 Å². The van der Waals surface area contributed by atoms with Crippen molar-refractivity contribution in [1.29, 1.82) is 0 Å². The lowest BCUT2D eigenvalue weighted by Gasteiger charge is -2.18. The highest BCUT2D eigenvalue weighted by Gasteiger charge is 2.41. The fourth-order valence-corrected chi connectivity index (χ4v) is 3.48. The van der Waals surface area contributed by atoms with E-state index in [1.54, 1.807) is 0 Å². The molecule has 7 heteroatoms. The minimum atomic E-state index is -0.00625. The minimum absolute atomic E-state index is 0. The third kappa shape index (κ3) is 6.51. The largest absolute Gasteiger partial charge is 0.490 e. The zero-order valence-corrected chi connectivity index (χ0v) is 21.0. The molecule has 30 heavy (non-hydrogen) atoms. The van der Waals surface area contributed by atoms with Crippen LogP contribution < -0.4 is 15.4 Å². The molecule has 0 spiro atoms. The average molecular weight is 529 g/mol. The van der Waals surface area contributed by atoms with Crippen LogP contribution in [0.25, 0.3) is 11.0 Å². The first kappa shape index (κ1) is 24.8. The molecule has 0 radical (unpaired) electrons. The van der Waals surface area contributed by atoms with Crippen molar-refractivity contribution in [2.24, 2.45) is 10.4 Å². The Morgan fingerprint density at radius 3 is 2.70 bits per heavy atom. The van der Waals surface area contributed by atoms with Gasteiger partial charge in [-0.2, -0.15) is 0 Å². The normalized spacial score (nSPS) is 16.1. The van der Waals surface area contributed by atoms with Crippen molar-refractivity contribution in [1.82, 2.24) is 10.6 Å². The molecular formula is C23H36IN3O3. The highest BCUT2D eigenvalue weighted by Crippen LogP contribution is 2.49. The van der Waals surface area contributed by atoms with Gasteiger partial charge in [0.15, 0.2) is 17.3 Å². The SMILES string of the molecule is CCNC(=NCC1(CCOCC)CC1)NC(C)c1cc2cccc(OCC)c2o1.I. The van der Waals surface area contributed by atoms with E-state index in [-0.39, 0.29) is 30.0 Å². The molecule has 1 aromatic heterocycles. The van der Waals surface area contributed by atoms with Crippen molar-refractivity contribution >= 4 is 40.9 Å². The quantitative estimate of drug-likeness (QED) is 0.180. The Morgan fingerprint density at radius 2 is 2.03 bits per heavy atom. The molecule has 1 saturated carbocycles. The Labute approximate surface area is 197 Å². The lowest BCUT2D eigenvalue weighted by molar-refractivity contribution is 0.129. The van der Waals surface area contributed by atoms with Gasteiger partial charge in [-0.25, -0.2) is 0 Å². The predicted octanol–water partition coefficient (Wildman–Crippen LogP) is 5.27. The Kier molecular flexibility index (Phi) is 9.74. The van der Waals surface area contributed by atoms with E-state index in [0.29, 0.717) is 12.0 Å². The third-order valence-corrected chi connectivity index (χ3v) is 5.46. The number of para-hydroxylation sites is 1. The average Bonchev–Trinajstić information content (AvgIpc) is 3.33. The summed E-state index contributed by atoms with van der Waals surface area (Å²) >= 11 is 0. The molecule has 2 aromatic rings.